The van der Waals surface area contributed by atoms with Crippen molar-refractivity contribution in [2.24, 2.45) is 0 Å². The molecule has 0 aliphatic heterocycles. The van der Waals surface area contributed by atoms with Crippen LogP contribution in [0, 0.1) is 6.92 Å². The molecule has 3 aromatic heterocycles. The van der Waals surface area contributed by atoms with E-state index >= 15 is 0 Å². The normalized spacial score (nSPS) is 11.4. The van der Waals surface area contributed by atoms with Crippen molar-refractivity contribution in [1.29, 1.82) is 0 Å². The van der Waals surface area contributed by atoms with E-state index < -0.39 is 17.0 Å². The number of fused-ring (bicyclic) bond motifs is 3. The van der Waals surface area contributed by atoms with Gasteiger partial charge in [-0.3, -0.25) is 19.1 Å². The molecule has 0 aliphatic carbocycles. The zero-order chi connectivity index (χ0) is 22.1. The van der Waals surface area contributed by atoms with Gasteiger partial charge in [0.05, 0.1) is 24.4 Å². The Balaban J connectivity index is 1.69. The minimum atomic E-state index is -0.824. The third-order valence-electron chi connectivity index (χ3n) is 4.63. The summed E-state index contributed by atoms with van der Waals surface area (Å²) in [6.07, 6.45) is 0. The number of anilines is 1. The van der Waals surface area contributed by atoms with Gasteiger partial charge in [0.1, 0.15) is 17.2 Å². The first-order valence-corrected chi connectivity index (χ1v) is 10.3. The number of ether oxygens (including phenoxy) is 1. The van der Waals surface area contributed by atoms with Gasteiger partial charge in [-0.05, 0) is 19.1 Å². The average molecular weight is 441 g/mol. The van der Waals surface area contributed by atoms with Crippen LogP contribution in [0.4, 0.5) is 5.82 Å². The molecule has 4 rings (SSSR count). The Kier molecular flexibility index (Phi) is 5.57. The van der Waals surface area contributed by atoms with Crippen molar-refractivity contribution in [2.75, 3.05) is 25.2 Å². The number of hydrogen-bond acceptors (Lipinski definition) is 9. The Morgan fingerprint density at radius 1 is 1.26 bits per heavy atom. The third kappa shape index (κ3) is 3.82. The number of carbonyl (C=O) groups is 1. The van der Waals surface area contributed by atoms with Gasteiger partial charge in [-0.25, -0.2) is 14.8 Å². The molecule has 3 N–H and O–H groups in total. The van der Waals surface area contributed by atoms with E-state index in [1.54, 1.807) is 11.4 Å². The molecule has 4 aromatic rings. The van der Waals surface area contributed by atoms with Crippen LogP contribution in [-0.4, -0.2) is 54.4 Å². The molecule has 0 atom stereocenters. The number of benzene rings is 1. The summed E-state index contributed by atoms with van der Waals surface area (Å²) in [7, 11) is 1.47. The van der Waals surface area contributed by atoms with Gasteiger partial charge in [0.25, 0.3) is 5.56 Å². The molecule has 12 heteroatoms. The van der Waals surface area contributed by atoms with Crippen molar-refractivity contribution in [3.63, 3.8) is 0 Å². The van der Waals surface area contributed by atoms with E-state index in [2.05, 4.69) is 20.1 Å². The highest BCUT2D eigenvalue weighted by atomic mass is 32.2. The van der Waals surface area contributed by atoms with E-state index in [0.717, 1.165) is 21.7 Å². The van der Waals surface area contributed by atoms with Gasteiger partial charge >= 0.3 is 5.69 Å². The number of hydrogen-bond donors (Lipinski definition) is 2. The van der Waals surface area contributed by atoms with Gasteiger partial charge in [0, 0.05) is 12.5 Å². The molecule has 1 aromatic carbocycles. The molecule has 0 bridgehead atoms. The van der Waals surface area contributed by atoms with Crippen LogP contribution in [0.15, 0.2) is 39.0 Å². The molecule has 3 heterocycles. The number of methoxy groups -OCH3 is 1. The van der Waals surface area contributed by atoms with Crippen molar-refractivity contribution >= 4 is 39.9 Å². The number of nitrogens with two attached hydrogens (primary N) is 1. The monoisotopic (exact) mass is 441 g/mol. The topological polar surface area (TPSA) is 150 Å². The largest absolute Gasteiger partial charge is 0.384 e. The summed E-state index contributed by atoms with van der Waals surface area (Å²) in [5.41, 5.74) is 5.53. The lowest BCUT2D eigenvalue weighted by Crippen LogP contribution is -2.37. The highest BCUT2D eigenvalue weighted by Gasteiger charge is 2.21. The Labute approximate surface area is 179 Å². The van der Waals surface area contributed by atoms with Gasteiger partial charge in [0.2, 0.25) is 0 Å². The number of para-hydroxylation sites is 1. The number of H-pyrrole nitrogens is 1. The summed E-state index contributed by atoms with van der Waals surface area (Å²) in [4.78, 5) is 48.3. The van der Waals surface area contributed by atoms with Gasteiger partial charge in [0.15, 0.2) is 16.6 Å². The molecular weight excluding hydrogens is 422 g/mol. The predicted octanol–water partition coefficient (Wildman–Crippen LogP) is 0.640. The maximum absolute atomic E-state index is 12.9. The van der Waals surface area contributed by atoms with Crippen LogP contribution < -0.4 is 17.0 Å². The molecule has 0 saturated carbocycles. The van der Waals surface area contributed by atoms with Gasteiger partial charge in [-0.1, -0.05) is 23.9 Å². The van der Waals surface area contributed by atoms with Crippen LogP contribution in [-0.2, 0) is 11.3 Å². The zero-order valence-corrected chi connectivity index (χ0v) is 17.6. The number of ketones is 1. The van der Waals surface area contributed by atoms with Crippen LogP contribution >= 0.6 is 11.8 Å². The second-order valence-corrected chi connectivity index (χ2v) is 7.62. The maximum atomic E-state index is 12.9. The van der Waals surface area contributed by atoms with E-state index in [1.807, 2.05) is 24.3 Å². The molecule has 0 spiro atoms. The fraction of sp³-hybridized carbons (Fsp3) is 0.263. The van der Waals surface area contributed by atoms with E-state index in [1.165, 1.54) is 7.11 Å². The number of rotatable bonds is 7. The van der Waals surface area contributed by atoms with E-state index in [-0.39, 0.29) is 30.3 Å². The van der Waals surface area contributed by atoms with Crippen LogP contribution in [0.5, 0.6) is 0 Å². The summed E-state index contributed by atoms with van der Waals surface area (Å²) in [5.74, 6) is -0.286. The molecule has 0 saturated heterocycles. The molecule has 0 radical (unpaired) electrons. The Morgan fingerprint density at radius 2 is 2.03 bits per heavy atom. The highest BCUT2D eigenvalue weighted by Crippen LogP contribution is 2.24. The van der Waals surface area contributed by atoms with Gasteiger partial charge < -0.3 is 10.5 Å². The molecule has 31 heavy (non-hydrogen) atoms. The first-order valence-electron chi connectivity index (χ1n) is 9.30. The number of thioether (sulfide) groups is 1. The number of Topliss-reactive ketones (excluding diaryl/α,β-unsaturated/α-hetero) is 1. The number of aromatic amines is 1. The maximum Gasteiger partial charge on any atom is 0.330 e. The first kappa shape index (κ1) is 20.8. The third-order valence-corrected chi connectivity index (χ3v) is 5.55. The molecule has 0 amide bonds. The highest BCUT2D eigenvalue weighted by molar-refractivity contribution is 7.99. The molecule has 160 valence electrons. The summed E-state index contributed by atoms with van der Waals surface area (Å²) in [5, 5.41) is 5.65. The van der Waals surface area contributed by atoms with Gasteiger partial charge in [-0.2, -0.15) is 4.52 Å². The Hall–Kier alpha value is -3.51. The number of nitrogen functional groups attached to an aromatic ring is 1. The fourth-order valence-corrected chi connectivity index (χ4v) is 4.01. The van der Waals surface area contributed by atoms with E-state index in [4.69, 9.17) is 10.5 Å². The summed E-state index contributed by atoms with van der Waals surface area (Å²) >= 11 is 1.11. The zero-order valence-electron chi connectivity index (χ0n) is 16.8. The van der Waals surface area contributed by atoms with E-state index in [9.17, 15) is 14.4 Å². The summed E-state index contributed by atoms with van der Waals surface area (Å²) < 4.78 is 7.63. The van der Waals surface area contributed by atoms with Crippen molar-refractivity contribution < 1.29 is 9.53 Å². The SMILES string of the molecule is COCCn1c(N)c(C(=O)CSc2nc3ccccc3c3nc(C)nn23)c(=O)[nH]c1=O. The lowest BCUT2D eigenvalue weighted by molar-refractivity contribution is 0.102. The first-order chi connectivity index (χ1) is 14.9. The number of aryl methyl sites for hydroxylation is 1. The van der Waals surface area contributed by atoms with Crippen molar-refractivity contribution in [1.82, 2.24) is 29.1 Å². The number of aromatic nitrogens is 6. The summed E-state index contributed by atoms with van der Waals surface area (Å²) in [6, 6.07) is 7.49. The molecule has 0 aliphatic rings. The standard InChI is InChI=1S/C19H19N7O4S/c1-10-21-16-11-5-3-4-6-12(11)22-19(26(16)24-10)31-9-13(27)14-15(20)25(7-8-30-2)18(29)23-17(14)28/h3-6H,7-9,20H2,1-2H3,(H,23,28,29). The molecular formula is C19H19N7O4S. The number of nitrogens with one attached hydrogen (secondary N) is 1. The van der Waals surface area contributed by atoms with Gasteiger partial charge in [-0.15, -0.1) is 5.10 Å². The second kappa shape index (κ2) is 8.32. The molecule has 0 unspecified atom stereocenters. The lowest BCUT2D eigenvalue weighted by Gasteiger charge is -2.11. The molecule has 0 fully saturated rings. The molecule has 11 nitrogen and oxygen atoms in total. The predicted molar refractivity (Wildman–Crippen MR) is 116 cm³/mol. The number of carbonyl (C=O) groups excluding carboxylic acids is 1. The quantitative estimate of drug-likeness (QED) is 0.239. The van der Waals surface area contributed by atoms with Crippen LogP contribution in [0.25, 0.3) is 16.6 Å². The number of nitrogens with zero attached hydrogens (tertiary/aromatic N) is 5. The van der Waals surface area contributed by atoms with Crippen molar-refractivity contribution in [3.8, 4) is 0 Å². The Morgan fingerprint density at radius 3 is 2.81 bits per heavy atom. The average Bonchev–Trinajstić information content (AvgIpc) is 3.13. The minimum Gasteiger partial charge on any atom is -0.384 e. The van der Waals surface area contributed by atoms with E-state index in [0.29, 0.717) is 22.1 Å². The smallest absolute Gasteiger partial charge is 0.330 e. The minimum absolute atomic E-state index is 0.108. The van der Waals surface area contributed by atoms with Crippen molar-refractivity contribution in [3.05, 3.63) is 56.5 Å². The van der Waals surface area contributed by atoms with Crippen molar-refractivity contribution in [2.45, 2.75) is 18.6 Å². The fourth-order valence-electron chi connectivity index (χ4n) is 3.19. The Bertz CT molecular complexity index is 1420. The van der Waals surface area contributed by atoms with Crippen LogP contribution in [0.1, 0.15) is 16.2 Å². The van der Waals surface area contributed by atoms with Crippen LogP contribution in [0.3, 0.4) is 0 Å². The second-order valence-electron chi connectivity index (χ2n) is 6.68. The lowest BCUT2D eigenvalue weighted by atomic mass is 10.2. The summed E-state index contributed by atoms with van der Waals surface area (Å²) in [6.45, 7) is 2.07. The van der Waals surface area contributed by atoms with Crippen LogP contribution in [0.2, 0.25) is 0 Å².